The first kappa shape index (κ1) is 6.80. The minimum atomic E-state index is 0.198. The topological polar surface area (TPSA) is 17.1 Å². The summed E-state index contributed by atoms with van der Waals surface area (Å²) in [6, 6.07) is 1.97. The Morgan fingerprint density at radius 3 is 2.73 bits per heavy atom. The average molecular weight is 164 g/mol. The highest BCUT2D eigenvalue weighted by Crippen LogP contribution is 2.31. The Morgan fingerprint density at radius 2 is 2.09 bits per heavy atom. The van der Waals surface area contributed by atoms with Crippen molar-refractivity contribution in [2.75, 3.05) is 0 Å². The maximum absolute atomic E-state index is 11.3. The standard InChI is InChI=1S/C9H8OS/c1-5-3-8-7(9(5)10)4-6(2)11-8/h3-4H,1-2H3. The van der Waals surface area contributed by atoms with E-state index in [0.717, 1.165) is 16.0 Å². The van der Waals surface area contributed by atoms with Crippen LogP contribution >= 0.6 is 11.3 Å². The van der Waals surface area contributed by atoms with Crippen LogP contribution < -0.4 is 0 Å². The van der Waals surface area contributed by atoms with Crippen LogP contribution in [0.25, 0.3) is 6.08 Å². The lowest BCUT2D eigenvalue weighted by molar-refractivity contribution is 0.103. The summed E-state index contributed by atoms with van der Waals surface area (Å²) in [6.07, 6.45) is 1.97. The zero-order valence-corrected chi connectivity index (χ0v) is 7.29. The van der Waals surface area contributed by atoms with Crippen LogP contribution in [0.3, 0.4) is 0 Å². The largest absolute Gasteiger partial charge is 0.289 e. The summed E-state index contributed by atoms with van der Waals surface area (Å²) in [5.74, 6) is 0.198. The van der Waals surface area contributed by atoms with Gasteiger partial charge in [-0.1, -0.05) is 0 Å². The lowest BCUT2D eigenvalue weighted by Gasteiger charge is -1.86. The fourth-order valence-electron chi connectivity index (χ4n) is 1.29. The Bertz CT molecular complexity index is 358. The van der Waals surface area contributed by atoms with Crippen molar-refractivity contribution in [2.24, 2.45) is 0 Å². The summed E-state index contributed by atoms with van der Waals surface area (Å²) in [7, 11) is 0. The first-order valence-electron chi connectivity index (χ1n) is 3.52. The molecule has 11 heavy (non-hydrogen) atoms. The van der Waals surface area contributed by atoms with Gasteiger partial charge in [0.2, 0.25) is 0 Å². The van der Waals surface area contributed by atoms with Crippen LogP contribution in [-0.4, -0.2) is 5.78 Å². The second-order valence-corrected chi connectivity index (χ2v) is 4.08. The van der Waals surface area contributed by atoms with E-state index in [2.05, 4.69) is 0 Å². The molecule has 0 saturated carbocycles. The van der Waals surface area contributed by atoms with Crippen molar-refractivity contribution in [1.82, 2.24) is 0 Å². The second-order valence-electron chi connectivity index (χ2n) is 2.79. The molecule has 0 saturated heterocycles. The van der Waals surface area contributed by atoms with Gasteiger partial charge in [0.1, 0.15) is 0 Å². The number of aryl methyl sites for hydroxylation is 1. The van der Waals surface area contributed by atoms with E-state index in [1.54, 1.807) is 11.3 Å². The molecule has 0 unspecified atom stereocenters. The number of hydrogen-bond donors (Lipinski definition) is 0. The number of rotatable bonds is 0. The average Bonchev–Trinajstić information content (AvgIpc) is 2.37. The number of ketones is 1. The molecule has 2 rings (SSSR count). The molecule has 0 fully saturated rings. The van der Waals surface area contributed by atoms with Gasteiger partial charge in [-0.2, -0.15) is 0 Å². The molecule has 0 amide bonds. The van der Waals surface area contributed by atoms with Crippen LogP contribution in [-0.2, 0) is 0 Å². The molecule has 1 aromatic rings. The van der Waals surface area contributed by atoms with E-state index in [0.29, 0.717) is 0 Å². The van der Waals surface area contributed by atoms with Crippen molar-refractivity contribution < 1.29 is 4.79 Å². The van der Waals surface area contributed by atoms with Gasteiger partial charge in [0.15, 0.2) is 5.78 Å². The number of carbonyl (C=O) groups is 1. The zero-order chi connectivity index (χ0) is 8.01. The van der Waals surface area contributed by atoms with Crippen molar-refractivity contribution in [1.29, 1.82) is 0 Å². The van der Waals surface area contributed by atoms with Crippen LogP contribution in [0.1, 0.15) is 27.0 Å². The Hall–Kier alpha value is -0.890. The number of carbonyl (C=O) groups excluding carboxylic acids is 1. The minimum absolute atomic E-state index is 0.198. The Labute approximate surface area is 69.4 Å². The maximum atomic E-state index is 11.3. The van der Waals surface area contributed by atoms with Gasteiger partial charge in [-0.3, -0.25) is 4.79 Å². The molecule has 0 aromatic carbocycles. The number of Topliss-reactive ketones (excluding diaryl/α,β-unsaturated/α-hetero) is 1. The predicted octanol–water partition coefficient (Wildman–Crippen LogP) is 2.66. The molecule has 1 aliphatic rings. The summed E-state index contributed by atoms with van der Waals surface area (Å²) in [5.41, 5.74) is 1.76. The van der Waals surface area contributed by atoms with E-state index in [9.17, 15) is 4.79 Å². The fraction of sp³-hybridized carbons (Fsp3) is 0.222. The lowest BCUT2D eigenvalue weighted by atomic mass is 10.2. The highest BCUT2D eigenvalue weighted by atomic mass is 32.1. The highest BCUT2D eigenvalue weighted by Gasteiger charge is 2.20. The van der Waals surface area contributed by atoms with E-state index in [1.807, 2.05) is 26.0 Å². The molecule has 0 N–H and O–H groups in total. The van der Waals surface area contributed by atoms with Crippen molar-refractivity contribution in [3.05, 3.63) is 27.0 Å². The monoisotopic (exact) mass is 164 g/mol. The van der Waals surface area contributed by atoms with Gasteiger partial charge < -0.3 is 0 Å². The third-order valence-corrected chi connectivity index (χ3v) is 2.83. The molecule has 1 aliphatic carbocycles. The normalized spacial score (nSPS) is 15.1. The molecule has 0 bridgehead atoms. The third kappa shape index (κ3) is 0.862. The van der Waals surface area contributed by atoms with Gasteiger partial charge in [0.25, 0.3) is 0 Å². The van der Waals surface area contributed by atoms with Crippen molar-refractivity contribution in [2.45, 2.75) is 13.8 Å². The first-order valence-corrected chi connectivity index (χ1v) is 4.33. The van der Waals surface area contributed by atoms with Crippen LogP contribution in [0, 0.1) is 6.92 Å². The molecular weight excluding hydrogens is 156 g/mol. The van der Waals surface area contributed by atoms with Gasteiger partial charge in [0.05, 0.1) is 0 Å². The number of fused-ring (bicyclic) bond motifs is 1. The van der Waals surface area contributed by atoms with Crippen LogP contribution in [0.15, 0.2) is 11.6 Å². The molecular formula is C9H8OS. The van der Waals surface area contributed by atoms with Gasteiger partial charge in [-0.05, 0) is 31.6 Å². The summed E-state index contributed by atoms with van der Waals surface area (Å²) in [6.45, 7) is 3.89. The lowest BCUT2D eigenvalue weighted by Crippen LogP contribution is -1.92. The van der Waals surface area contributed by atoms with Gasteiger partial charge >= 0.3 is 0 Å². The number of thiophene rings is 1. The van der Waals surface area contributed by atoms with E-state index in [4.69, 9.17) is 0 Å². The fourth-order valence-corrected chi connectivity index (χ4v) is 2.31. The maximum Gasteiger partial charge on any atom is 0.190 e. The number of allylic oxidation sites excluding steroid dienone is 1. The first-order chi connectivity index (χ1) is 5.18. The molecule has 0 radical (unpaired) electrons. The Morgan fingerprint density at radius 1 is 1.36 bits per heavy atom. The van der Waals surface area contributed by atoms with E-state index in [-0.39, 0.29) is 5.78 Å². The van der Waals surface area contributed by atoms with E-state index in [1.165, 1.54) is 4.88 Å². The summed E-state index contributed by atoms with van der Waals surface area (Å²) in [4.78, 5) is 13.7. The molecule has 0 aliphatic heterocycles. The second kappa shape index (κ2) is 2.05. The molecule has 1 heterocycles. The van der Waals surface area contributed by atoms with Crippen molar-refractivity contribution in [3.8, 4) is 0 Å². The summed E-state index contributed by atoms with van der Waals surface area (Å²) >= 11 is 1.69. The summed E-state index contributed by atoms with van der Waals surface area (Å²) in [5, 5.41) is 0. The van der Waals surface area contributed by atoms with E-state index < -0.39 is 0 Å². The Balaban J connectivity index is 2.65. The molecule has 56 valence electrons. The highest BCUT2D eigenvalue weighted by molar-refractivity contribution is 7.13. The Kier molecular flexibility index (Phi) is 1.26. The molecule has 0 atom stereocenters. The number of hydrogen-bond acceptors (Lipinski definition) is 2. The smallest absolute Gasteiger partial charge is 0.190 e. The van der Waals surface area contributed by atoms with Crippen molar-refractivity contribution >= 4 is 23.2 Å². The molecule has 1 nitrogen and oxygen atoms in total. The van der Waals surface area contributed by atoms with Gasteiger partial charge in [0, 0.05) is 15.3 Å². The van der Waals surface area contributed by atoms with Crippen LogP contribution in [0.5, 0.6) is 0 Å². The SMILES string of the molecule is CC1=Cc2sc(C)cc2C1=O. The molecule has 1 aromatic heterocycles. The quantitative estimate of drug-likeness (QED) is 0.576. The minimum Gasteiger partial charge on any atom is -0.289 e. The van der Waals surface area contributed by atoms with Crippen molar-refractivity contribution in [3.63, 3.8) is 0 Å². The summed E-state index contributed by atoms with van der Waals surface area (Å²) < 4.78 is 0. The van der Waals surface area contributed by atoms with Crippen LogP contribution in [0.2, 0.25) is 0 Å². The zero-order valence-electron chi connectivity index (χ0n) is 6.47. The predicted molar refractivity (Wildman–Crippen MR) is 47.0 cm³/mol. The van der Waals surface area contributed by atoms with Gasteiger partial charge in [-0.25, -0.2) is 0 Å². The van der Waals surface area contributed by atoms with Gasteiger partial charge in [-0.15, -0.1) is 11.3 Å². The van der Waals surface area contributed by atoms with Crippen LogP contribution in [0.4, 0.5) is 0 Å². The third-order valence-electron chi connectivity index (χ3n) is 1.83. The van der Waals surface area contributed by atoms with E-state index >= 15 is 0 Å². The molecule has 0 spiro atoms. The molecule has 2 heteroatoms.